The smallest absolute Gasteiger partial charge is 0.339 e. The zero-order valence-corrected chi connectivity index (χ0v) is 11.9. The second-order valence-corrected chi connectivity index (χ2v) is 4.78. The summed E-state index contributed by atoms with van der Waals surface area (Å²) in [5.74, 6) is -1.70. The van der Waals surface area contributed by atoms with Crippen LogP contribution in [0.25, 0.3) is 0 Å². The Bertz CT molecular complexity index is 640. The highest BCUT2D eigenvalue weighted by Crippen LogP contribution is 2.21. The van der Waals surface area contributed by atoms with Crippen LogP contribution in [-0.2, 0) is 6.61 Å². The number of rotatable bonds is 6. The van der Waals surface area contributed by atoms with Gasteiger partial charge in [0.2, 0.25) is 0 Å². The summed E-state index contributed by atoms with van der Waals surface area (Å²) in [6.45, 7) is 4.20. The third-order valence-corrected chi connectivity index (χ3v) is 3.26. The van der Waals surface area contributed by atoms with Crippen LogP contribution in [-0.4, -0.2) is 20.9 Å². The number of carboxylic acid groups (broad SMARTS) is 1. The lowest BCUT2D eigenvalue weighted by Crippen LogP contribution is -2.07. The van der Waals surface area contributed by atoms with E-state index in [1.165, 1.54) is 6.07 Å². The maximum absolute atomic E-state index is 13.2. The molecule has 112 valence electrons. The van der Waals surface area contributed by atoms with Gasteiger partial charge in [-0.05, 0) is 31.5 Å². The molecule has 2 rings (SSSR count). The number of carboxylic acids is 1. The average Bonchev–Trinajstić information content (AvgIpc) is 2.93. The molecule has 1 atom stereocenters. The van der Waals surface area contributed by atoms with E-state index in [-0.39, 0.29) is 24.0 Å². The van der Waals surface area contributed by atoms with Gasteiger partial charge in [0, 0.05) is 18.3 Å². The van der Waals surface area contributed by atoms with Crippen molar-refractivity contribution in [3.63, 3.8) is 0 Å². The molecular formula is C15H17FN2O3. The average molecular weight is 292 g/mol. The Kier molecular flexibility index (Phi) is 4.57. The minimum atomic E-state index is -1.16. The van der Waals surface area contributed by atoms with Gasteiger partial charge in [0.1, 0.15) is 23.7 Å². The van der Waals surface area contributed by atoms with E-state index in [0.29, 0.717) is 5.69 Å². The van der Waals surface area contributed by atoms with Gasteiger partial charge in [-0.3, -0.25) is 4.68 Å². The highest BCUT2D eigenvalue weighted by Gasteiger charge is 2.13. The monoisotopic (exact) mass is 292 g/mol. The molecular weight excluding hydrogens is 275 g/mol. The summed E-state index contributed by atoms with van der Waals surface area (Å²) < 4.78 is 20.4. The topological polar surface area (TPSA) is 64.3 Å². The van der Waals surface area contributed by atoms with E-state index in [9.17, 15) is 9.18 Å². The Balaban J connectivity index is 2.11. The van der Waals surface area contributed by atoms with E-state index < -0.39 is 11.8 Å². The fourth-order valence-corrected chi connectivity index (χ4v) is 1.83. The molecule has 5 nitrogen and oxygen atoms in total. The molecule has 6 heteroatoms. The lowest BCUT2D eigenvalue weighted by atomic mass is 10.2. The fourth-order valence-electron chi connectivity index (χ4n) is 1.83. The third kappa shape index (κ3) is 3.59. The molecule has 0 radical (unpaired) electrons. The van der Waals surface area contributed by atoms with Crippen LogP contribution in [0.2, 0.25) is 0 Å². The summed E-state index contributed by atoms with van der Waals surface area (Å²) in [4.78, 5) is 11.1. The number of ether oxygens (including phenoxy) is 1. The zero-order valence-electron chi connectivity index (χ0n) is 11.9. The number of hydrogen-bond acceptors (Lipinski definition) is 3. The van der Waals surface area contributed by atoms with Crippen molar-refractivity contribution in [1.29, 1.82) is 0 Å². The predicted octanol–water partition coefficient (Wildman–Crippen LogP) is 3.27. The van der Waals surface area contributed by atoms with Crippen molar-refractivity contribution >= 4 is 5.97 Å². The standard InChI is InChI=1S/C15H17FN2O3/c1-3-10(2)18-7-6-12(17-18)9-21-14-8-11(16)4-5-13(14)15(19)20/h4-8,10H,3,9H2,1-2H3,(H,19,20). The number of hydrogen-bond donors (Lipinski definition) is 1. The molecule has 1 aromatic carbocycles. The molecule has 0 saturated heterocycles. The van der Waals surface area contributed by atoms with E-state index >= 15 is 0 Å². The minimum Gasteiger partial charge on any atom is -0.486 e. The van der Waals surface area contributed by atoms with Gasteiger partial charge in [-0.25, -0.2) is 9.18 Å². The Morgan fingerprint density at radius 2 is 2.24 bits per heavy atom. The molecule has 2 aromatic rings. The molecule has 0 bridgehead atoms. The van der Waals surface area contributed by atoms with E-state index in [1.807, 2.05) is 17.8 Å². The van der Waals surface area contributed by atoms with Crippen LogP contribution in [0.15, 0.2) is 30.5 Å². The number of nitrogens with zero attached hydrogens (tertiary/aromatic N) is 2. The van der Waals surface area contributed by atoms with E-state index in [0.717, 1.165) is 18.6 Å². The summed E-state index contributed by atoms with van der Waals surface area (Å²) >= 11 is 0. The number of aromatic nitrogens is 2. The lowest BCUT2D eigenvalue weighted by molar-refractivity contribution is 0.0691. The first-order chi connectivity index (χ1) is 10.0. The molecule has 1 unspecified atom stereocenters. The van der Waals surface area contributed by atoms with E-state index in [1.54, 1.807) is 6.07 Å². The Labute approximate surface area is 122 Å². The molecule has 0 aliphatic carbocycles. The summed E-state index contributed by atoms with van der Waals surface area (Å²) in [6.07, 6.45) is 2.80. The molecule has 21 heavy (non-hydrogen) atoms. The van der Waals surface area contributed by atoms with E-state index in [2.05, 4.69) is 12.0 Å². The normalized spacial score (nSPS) is 12.1. The number of benzene rings is 1. The Morgan fingerprint density at radius 1 is 1.48 bits per heavy atom. The van der Waals surface area contributed by atoms with Crippen LogP contribution in [0.3, 0.4) is 0 Å². The van der Waals surface area contributed by atoms with Gasteiger partial charge in [-0.2, -0.15) is 5.10 Å². The van der Waals surface area contributed by atoms with Crippen molar-refractivity contribution in [2.75, 3.05) is 0 Å². The van der Waals surface area contributed by atoms with Crippen molar-refractivity contribution in [2.45, 2.75) is 32.9 Å². The number of halogens is 1. The largest absolute Gasteiger partial charge is 0.486 e. The van der Waals surface area contributed by atoms with Gasteiger partial charge in [0.15, 0.2) is 0 Å². The summed E-state index contributed by atoms with van der Waals surface area (Å²) in [5, 5.41) is 13.4. The van der Waals surface area contributed by atoms with Crippen LogP contribution in [0.1, 0.15) is 42.4 Å². The number of aromatic carboxylic acids is 1. The second kappa shape index (κ2) is 6.39. The van der Waals surface area contributed by atoms with Crippen LogP contribution >= 0.6 is 0 Å². The van der Waals surface area contributed by atoms with Crippen LogP contribution in [0.5, 0.6) is 5.75 Å². The SMILES string of the molecule is CCC(C)n1ccc(COc2cc(F)ccc2C(=O)O)n1. The Morgan fingerprint density at radius 3 is 2.90 bits per heavy atom. The maximum Gasteiger partial charge on any atom is 0.339 e. The fraction of sp³-hybridized carbons (Fsp3) is 0.333. The van der Waals surface area contributed by atoms with Gasteiger partial charge in [-0.15, -0.1) is 0 Å². The van der Waals surface area contributed by atoms with Gasteiger partial charge in [0.05, 0.1) is 5.69 Å². The van der Waals surface area contributed by atoms with Crippen molar-refractivity contribution in [3.05, 3.63) is 47.5 Å². The molecule has 0 aliphatic heterocycles. The Hall–Kier alpha value is -2.37. The lowest BCUT2D eigenvalue weighted by Gasteiger charge is -2.09. The summed E-state index contributed by atoms with van der Waals surface area (Å²) in [5.41, 5.74) is 0.591. The predicted molar refractivity (Wildman–Crippen MR) is 74.9 cm³/mol. The first kappa shape index (κ1) is 15.0. The molecule has 1 N–H and O–H groups in total. The third-order valence-electron chi connectivity index (χ3n) is 3.26. The second-order valence-electron chi connectivity index (χ2n) is 4.78. The molecule has 1 aromatic heterocycles. The van der Waals surface area contributed by atoms with Crippen molar-refractivity contribution < 1.29 is 19.0 Å². The van der Waals surface area contributed by atoms with Crippen LogP contribution < -0.4 is 4.74 Å². The van der Waals surface area contributed by atoms with Crippen LogP contribution in [0.4, 0.5) is 4.39 Å². The van der Waals surface area contributed by atoms with Crippen LogP contribution in [0, 0.1) is 5.82 Å². The van der Waals surface area contributed by atoms with Gasteiger partial charge in [-0.1, -0.05) is 6.92 Å². The molecule has 0 amide bonds. The van der Waals surface area contributed by atoms with Gasteiger partial charge < -0.3 is 9.84 Å². The molecule has 0 saturated carbocycles. The van der Waals surface area contributed by atoms with E-state index in [4.69, 9.17) is 9.84 Å². The zero-order chi connectivity index (χ0) is 15.4. The summed E-state index contributed by atoms with van der Waals surface area (Å²) in [7, 11) is 0. The van der Waals surface area contributed by atoms with Gasteiger partial charge in [0.25, 0.3) is 0 Å². The first-order valence-corrected chi connectivity index (χ1v) is 6.71. The van der Waals surface area contributed by atoms with Crippen molar-refractivity contribution in [2.24, 2.45) is 0 Å². The molecule has 0 fully saturated rings. The number of carbonyl (C=O) groups is 1. The molecule has 0 aliphatic rings. The molecule has 1 heterocycles. The van der Waals surface area contributed by atoms with Gasteiger partial charge >= 0.3 is 5.97 Å². The molecule has 0 spiro atoms. The highest BCUT2D eigenvalue weighted by atomic mass is 19.1. The first-order valence-electron chi connectivity index (χ1n) is 6.71. The summed E-state index contributed by atoms with van der Waals surface area (Å²) in [6, 6.07) is 5.42. The van der Waals surface area contributed by atoms with Crippen molar-refractivity contribution in [1.82, 2.24) is 9.78 Å². The van der Waals surface area contributed by atoms with Crippen molar-refractivity contribution in [3.8, 4) is 5.75 Å². The maximum atomic E-state index is 13.2. The minimum absolute atomic E-state index is 0.000546. The quantitative estimate of drug-likeness (QED) is 0.887. The highest BCUT2D eigenvalue weighted by molar-refractivity contribution is 5.90.